The summed E-state index contributed by atoms with van der Waals surface area (Å²) in [5, 5.41) is 6.90. The second-order valence-electron chi connectivity index (χ2n) is 8.00. The lowest BCUT2D eigenvalue weighted by Gasteiger charge is -2.13. The highest BCUT2D eigenvalue weighted by Gasteiger charge is 2.24. The topological polar surface area (TPSA) is 106 Å². The van der Waals surface area contributed by atoms with Gasteiger partial charge in [-0.3, -0.25) is 4.72 Å². The molecule has 196 valence electrons. The molecule has 0 atom stereocenters. The zero-order valence-electron chi connectivity index (χ0n) is 20.8. The van der Waals surface area contributed by atoms with Crippen molar-refractivity contribution < 1.29 is 22.7 Å². The average molecular weight is 568 g/mol. The van der Waals surface area contributed by atoms with Gasteiger partial charge in [0.15, 0.2) is 5.11 Å². The van der Waals surface area contributed by atoms with Crippen molar-refractivity contribution in [1.82, 2.24) is 0 Å². The number of sulfonamides is 1. The third-order valence-corrected chi connectivity index (χ3v) is 8.14. The first-order valence-corrected chi connectivity index (χ1v) is 14.1. The maximum atomic E-state index is 12.9. The van der Waals surface area contributed by atoms with Crippen LogP contribution in [-0.2, 0) is 14.8 Å². The number of thiocarbonyl (C=S) groups is 1. The number of methoxy groups -OCH3 is 2. The predicted octanol–water partition coefficient (Wildman–Crippen LogP) is 6.13. The Morgan fingerprint density at radius 3 is 2.21 bits per heavy atom. The molecule has 0 aliphatic carbocycles. The quantitative estimate of drug-likeness (QED) is 0.173. The van der Waals surface area contributed by atoms with Gasteiger partial charge >= 0.3 is 5.97 Å². The molecule has 0 spiro atoms. The summed E-state index contributed by atoms with van der Waals surface area (Å²) in [7, 11) is -1.04. The second-order valence-corrected chi connectivity index (χ2v) is 11.3. The first-order valence-electron chi connectivity index (χ1n) is 11.3. The fourth-order valence-corrected chi connectivity index (χ4v) is 6.22. The molecule has 0 bridgehead atoms. The molecule has 0 radical (unpaired) electrons. The van der Waals surface area contributed by atoms with E-state index in [1.807, 2.05) is 37.3 Å². The van der Waals surface area contributed by atoms with Crippen LogP contribution < -0.4 is 20.1 Å². The number of anilines is 3. The lowest BCUT2D eigenvalue weighted by atomic mass is 10.0. The van der Waals surface area contributed by atoms with Crippen LogP contribution in [0.2, 0.25) is 0 Å². The zero-order valence-corrected chi connectivity index (χ0v) is 23.2. The molecule has 3 aromatic carbocycles. The highest BCUT2D eigenvalue weighted by atomic mass is 32.2. The number of carbonyl (C=O) groups excluding carboxylic acids is 1. The molecule has 0 aliphatic rings. The molecule has 1 heterocycles. The fraction of sp³-hybridized carbons (Fsp3) is 0.111. The van der Waals surface area contributed by atoms with Gasteiger partial charge in [0.05, 0.1) is 24.8 Å². The first kappa shape index (κ1) is 27.1. The summed E-state index contributed by atoms with van der Waals surface area (Å²) in [5.41, 5.74) is 2.98. The van der Waals surface area contributed by atoms with Crippen LogP contribution in [0.1, 0.15) is 15.2 Å². The molecule has 0 saturated carbocycles. The fourth-order valence-electron chi connectivity index (χ4n) is 3.80. The third-order valence-electron chi connectivity index (χ3n) is 5.54. The van der Waals surface area contributed by atoms with Crippen molar-refractivity contribution in [2.75, 3.05) is 29.6 Å². The number of para-hydroxylation sites is 2. The number of benzene rings is 3. The van der Waals surface area contributed by atoms with E-state index in [4.69, 9.17) is 21.7 Å². The number of hydrogen-bond acceptors (Lipinski definition) is 7. The van der Waals surface area contributed by atoms with Crippen molar-refractivity contribution in [2.24, 2.45) is 0 Å². The normalized spacial score (nSPS) is 10.9. The zero-order chi connectivity index (χ0) is 27.3. The van der Waals surface area contributed by atoms with Crippen molar-refractivity contribution in [3.8, 4) is 16.9 Å². The van der Waals surface area contributed by atoms with E-state index in [1.54, 1.807) is 36.4 Å². The van der Waals surface area contributed by atoms with Gasteiger partial charge in [-0.1, -0.05) is 42.5 Å². The Hall–Kier alpha value is -3.93. The average Bonchev–Trinajstić information content (AvgIpc) is 3.24. The number of esters is 1. The maximum Gasteiger partial charge on any atom is 0.341 e. The van der Waals surface area contributed by atoms with Gasteiger partial charge in [-0.2, -0.15) is 0 Å². The van der Waals surface area contributed by atoms with Gasteiger partial charge < -0.3 is 20.1 Å². The van der Waals surface area contributed by atoms with Crippen LogP contribution in [0.3, 0.4) is 0 Å². The van der Waals surface area contributed by atoms with E-state index in [2.05, 4.69) is 15.4 Å². The molecular formula is C27H25N3O5S3. The number of carbonyl (C=O) groups is 1. The Bertz CT molecular complexity index is 1570. The van der Waals surface area contributed by atoms with Crippen LogP contribution in [0, 0.1) is 6.92 Å². The summed E-state index contributed by atoms with van der Waals surface area (Å²) in [6.45, 7) is 1.93. The van der Waals surface area contributed by atoms with E-state index in [9.17, 15) is 13.2 Å². The van der Waals surface area contributed by atoms with Gasteiger partial charge in [-0.25, -0.2) is 13.2 Å². The van der Waals surface area contributed by atoms with Crippen LogP contribution in [0.4, 0.5) is 16.4 Å². The lowest BCUT2D eigenvalue weighted by molar-refractivity contribution is 0.0603. The summed E-state index contributed by atoms with van der Waals surface area (Å²) in [5.74, 6) is -0.0630. The van der Waals surface area contributed by atoms with Gasteiger partial charge in [-0.15, -0.1) is 11.3 Å². The summed E-state index contributed by atoms with van der Waals surface area (Å²) in [6.07, 6.45) is 0. The molecule has 0 aliphatic heterocycles. The van der Waals surface area contributed by atoms with Crippen LogP contribution in [0.25, 0.3) is 11.1 Å². The number of thiophene rings is 1. The molecule has 4 aromatic rings. The van der Waals surface area contributed by atoms with Crippen LogP contribution in [0.5, 0.6) is 5.75 Å². The van der Waals surface area contributed by atoms with E-state index in [-0.39, 0.29) is 10.0 Å². The Morgan fingerprint density at radius 2 is 1.55 bits per heavy atom. The largest absolute Gasteiger partial charge is 0.495 e. The molecule has 3 N–H and O–H groups in total. The summed E-state index contributed by atoms with van der Waals surface area (Å²) < 4.78 is 38.5. The molecular weight excluding hydrogens is 543 g/mol. The maximum absolute atomic E-state index is 12.9. The predicted molar refractivity (Wildman–Crippen MR) is 156 cm³/mol. The lowest BCUT2D eigenvalue weighted by Crippen LogP contribution is -2.20. The SMILES string of the molecule is COC(=O)c1c(NC(=S)Nc2ccc(S(=O)(=O)Nc3ccccc3OC)cc2)sc(C)c1-c1ccccc1. The molecule has 4 rings (SSSR count). The summed E-state index contributed by atoms with van der Waals surface area (Å²) in [4.78, 5) is 13.7. The van der Waals surface area contributed by atoms with Crippen LogP contribution >= 0.6 is 23.6 Å². The van der Waals surface area contributed by atoms with Gasteiger partial charge in [-0.05, 0) is 61.1 Å². The molecule has 1 aromatic heterocycles. The number of rotatable bonds is 8. The smallest absolute Gasteiger partial charge is 0.341 e. The number of nitrogens with one attached hydrogen (secondary N) is 3. The number of ether oxygens (including phenoxy) is 2. The molecule has 0 fully saturated rings. The molecule has 8 nitrogen and oxygen atoms in total. The van der Waals surface area contributed by atoms with E-state index in [0.717, 1.165) is 16.0 Å². The minimum absolute atomic E-state index is 0.0715. The van der Waals surface area contributed by atoms with Crippen molar-refractivity contribution in [2.45, 2.75) is 11.8 Å². The Kier molecular flexibility index (Phi) is 8.30. The minimum Gasteiger partial charge on any atom is -0.495 e. The van der Waals surface area contributed by atoms with Gasteiger partial charge in [0.2, 0.25) is 0 Å². The Morgan fingerprint density at radius 1 is 0.895 bits per heavy atom. The van der Waals surface area contributed by atoms with Gasteiger partial charge in [0.25, 0.3) is 10.0 Å². The van der Waals surface area contributed by atoms with E-state index >= 15 is 0 Å². The van der Waals surface area contributed by atoms with Crippen molar-refractivity contribution in [1.29, 1.82) is 0 Å². The summed E-state index contributed by atoms with van der Waals surface area (Å²) in [6, 6.07) is 22.5. The monoisotopic (exact) mass is 567 g/mol. The van der Waals surface area contributed by atoms with E-state index < -0.39 is 16.0 Å². The van der Waals surface area contributed by atoms with Crippen LogP contribution in [-0.4, -0.2) is 33.7 Å². The van der Waals surface area contributed by atoms with Crippen LogP contribution in [0.15, 0.2) is 83.8 Å². The molecule has 11 heteroatoms. The van der Waals surface area contributed by atoms with E-state index in [1.165, 1.54) is 37.7 Å². The third kappa shape index (κ3) is 5.96. The van der Waals surface area contributed by atoms with Gasteiger partial charge in [0, 0.05) is 16.1 Å². The minimum atomic E-state index is -3.84. The van der Waals surface area contributed by atoms with Crippen molar-refractivity contribution in [3.63, 3.8) is 0 Å². The number of hydrogen-bond donors (Lipinski definition) is 3. The standard InChI is InChI=1S/C27H25N3O5S3/c1-17-23(18-9-5-4-6-10-18)24(26(31)35-3)25(37-17)29-27(36)28-19-13-15-20(16-14-19)38(32,33)30-21-11-7-8-12-22(21)34-2/h4-16,30H,1-3H3,(H2,28,29,36). The number of aryl methyl sites for hydroxylation is 1. The highest BCUT2D eigenvalue weighted by molar-refractivity contribution is 7.92. The molecule has 0 unspecified atom stereocenters. The second kappa shape index (κ2) is 11.6. The van der Waals surface area contributed by atoms with Crippen molar-refractivity contribution in [3.05, 3.63) is 89.3 Å². The van der Waals surface area contributed by atoms with Crippen molar-refractivity contribution >= 4 is 61.0 Å². The molecule has 0 amide bonds. The van der Waals surface area contributed by atoms with E-state index in [0.29, 0.717) is 27.7 Å². The Balaban J connectivity index is 1.51. The first-order chi connectivity index (χ1) is 18.2. The Labute approximate surface area is 230 Å². The van der Waals surface area contributed by atoms with Gasteiger partial charge in [0.1, 0.15) is 16.3 Å². The molecule has 38 heavy (non-hydrogen) atoms. The highest BCUT2D eigenvalue weighted by Crippen LogP contribution is 2.40. The molecule has 0 saturated heterocycles. The summed E-state index contributed by atoms with van der Waals surface area (Å²) >= 11 is 6.87.